The summed E-state index contributed by atoms with van der Waals surface area (Å²) in [5, 5.41) is 25.4. The van der Waals surface area contributed by atoms with E-state index in [0.29, 0.717) is 21.7 Å². The lowest BCUT2D eigenvalue weighted by molar-refractivity contribution is -0.139. The van der Waals surface area contributed by atoms with Crippen molar-refractivity contribution in [2.75, 3.05) is 6.61 Å². The number of carboxylic acid groups (broad SMARTS) is 2. The molecule has 0 fully saturated rings. The highest BCUT2D eigenvalue weighted by atomic mass is 79.9. The predicted molar refractivity (Wildman–Crippen MR) is 87.8 cm³/mol. The molecule has 0 atom stereocenters. The van der Waals surface area contributed by atoms with Crippen molar-refractivity contribution >= 4 is 45.7 Å². The summed E-state index contributed by atoms with van der Waals surface area (Å²) in [7, 11) is 0. The molecule has 1 aromatic heterocycles. The van der Waals surface area contributed by atoms with Gasteiger partial charge in [-0.15, -0.1) is 10.2 Å². The second-order valence-electron chi connectivity index (χ2n) is 4.38. The second-order valence-corrected chi connectivity index (χ2v) is 6.22. The molecule has 0 saturated heterocycles. The van der Waals surface area contributed by atoms with Crippen LogP contribution < -0.4 is 4.74 Å². The van der Waals surface area contributed by atoms with Crippen LogP contribution in [0.5, 0.6) is 5.75 Å². The average Bonchev–Trinajstić information content (AvgIpc) is 2.90. The van der Waals surface area contributed by atoms with E-state index >= 15 is 0 Å². The van der Waals surface area contributed by atoms with Crippen LogP contribution in [-0.2, 0) is 9.59 Å². The zero-order valence-electron chi connectivity index (χ0n) is 12.2. The molecule has 0 aliphatic rings. The largest absolute Gasteiger partial charge is 0.481 e. The van der Waals surface area contributed by atoms with Gasteiger partial charge in [-0.3, -0.25) is 0 Å². The Labute approximate surface area is 148 Å². The van der Waals surface area contributed by atoms with Gasteiger partial charge in [0, 0.05) is 6.92 Å². The Kier molecular flexibility index (Phi) is 5.99. The van der Waals surface area contributed by atoms with Crippen LogP contribution in [0.2, 0.25) is 0 Å². The molecule has 0 aliphatic carbocycles. The average molecular weight is 415 g/mol. The number of hydrogen-bond acceptors (Lipinski definition) is 7. The van der Waals surface area contributed by atoms with Crippen molar-refractivity contribution < 1.29 is 29.0 Å². The molecular weight excluding hydrogens is 404 g/mol. The highest BCUT2D eigenvalue weighted by Gasteiger charge is 2.14. The molecule has 2 N–H and O–H groups in total. The Hall–Kier alpha value is -2.33. The van der Waals surface area contributed by atoms with Crippen LogP contribution in [0.15, 0.2) is 37.2 Å². The number of aryl methyl sites for hydroxylation is 1. The number of ether oxygens (including phenoxy) is 1. The first-order chi connectivity index (χ1) is 11.3. The minimum absolute atomic E-state index is 0.00949. The summed E-state index contributed by atoms with van der Waals surface area (Å²) in [6.07, 6.45) is 1.43. The SMILES string of the molecule is Cc1nnc(S/C(=C/c2ccc(OCC(=O)O)c(Br)c2)C(=O)O)o1. The van der Waals surface area contributed by atoms with Gasteiger partial charge in [0.1, 0.15) is 10.7 Å². The molecule has 0 unspecified atom stereocenters. The molecule has 0 bridgehead atoms. The lowest BCUT2D eigenvalue weighted by Crippen LogP contribution is -2.09. The maximum absolute atomic E-state index is 11.4. The number of carbonyl (C=O) groups is 2. The molecular formula is C14H11BrN2O6S. The number of rotatable bonds is 7. The van der Waals surface area contributed by atoms with Crippen molar-refractivity contribution in [2.45, 2.75) is 12.1 Å². The van der Waals surface area contributed by atoms with E-state index in [4.69, 9.17) is 14.3 Å². The molecule has 2 rings (SSSR count). The van der Waals surface area contributed by atoms with E-state index in [2.05, 4.69) is 26.1 Å². The van der Waals surface area contributed by atoms with Crippen LogP contribution in [0.3, 0.4) is 0 Å². The van der Waals surface area contributed by atoms with E-state index in [1.807, 2.05) is 0 Å². The van der Waals surface area contributed by atoms with Crippen molar-refractivity contribution in [3.63, 3.8) is 0 Å². The van der Waals surface area contributed by atoms with E-state index in [-0.39, 0.29) is 10.1 Å². The lowest BCUT2D eigenvalue weighted by Gasteiger charge is -2.07. The molecule has 0 radical (unpaired) electrons. The number of benzene rings is 1. The van der Waals surface area contributed by atoms with Gasteiger partial charge in [0.05, 0.1) is 4.47 Å². The summed E-state index contributed by atoms with van der Waals surface area (Å²) in [5.41, 5.74) is 0.575. The van der Waals surface area contributed by atoms with Gasteiger partial charge >= 0.3 is 11.9 Å². The summed E-state index contributed by atoms with van der Waals surface area (Å²) < 4.78 is 10.7. The van der Waals surface area contributed by atoms with E-state index < -0.39 is 18.5 Å². The first kappa shape index (κ1) is 18.0. The number of carboxylic acids is 2. The molecule has 0 aliphatic heterocycles. The molecule has 0 saturated carbocycles. The molecule has 10 heteroatoms. The Morgan fingerprint density at radius 2 is 2.12 bits per heavy atom. The second kappa shape index (κ2) is 7.97. The Morgan fingerprint density at radius 3 is 2.67 bits per heavy atom. The highest BCUT2D eigenvalue weighted by molar-refractivity contribution is 9.10. The van der Waals surface area contributed by atoms with Crippen LogP contribution >= 0.6 is 27.7 Å². The van der Waals surface area contributed by atoms with Crippen molar-refractivity contribution in [3.05, 3.63) is 39.0 Å². The maximum Gasteiger partial charge on any atom is 0.342 e. The van der Waals surface area contributed by atoms with E-state index in [0.717, 1.165) is 11.8 Å². The van der Waals surface area contributed by atoms with Crippen molar-refractivity contribution in [2.24, 2.45) is 0 Å². The summed E-state index contributed by atoms with van der Waals surface area (Å²) >= 11 is 4.09. The van der Waals surface area contributed by atoms with Crippen molar-refractivity contribution in [1.29, 1.82) is 0 Å². The van der Waals surface area contributed by atoms with Gasteiger partial charge < -0.3 is 19.4 Å². The van der Waals surface area contributed by atoms with Gasteiger partial charge in [-0.25, -0.2) is 9.59 Å². The van der Waals surface area contributed by atoms with Crippen LogP contribution in [0, 0.1) is 6.92 Å². The molecule has 24 heavy (non-hydrogen) atoms. The fraction of sp³-hybridized carbons (Fsp3) is 0.143. The van der Waals surface area contributed by atoms with Crippen molar-refractivity contribution in [3.8, 4) is 5.75 Å². The highest BCUT2D eigenvalue weighted by Crippen LogP contribution is 2.30. The van der Waals surface area contributed by atoms with E-state index in [1.54, 1.807) is 25.1 Å². The van der Waals surface area contributed by atoms with Crippen LogP contribution in [0.25, 0.3) is 6.08 Å². The lowest BCUT2D eigenvalue weighted by atomic mass is 10.2. The number of aliphatic carboxylic acids is 2. The smallest absolute Gasteiger partial charge is 0.342 e. The van der Waals surface area contributed by atoms with E-state index in [9.17, 15) is 14.7 Å². The fourth-order valence-electron chi connectivity index (χ4n) is 1.56. The van der Waals surface area contributed by atoms with Gasteiger partial charge in [0.15, 0.2) is 6.61 Å². The van der Waals surface area contributed by atoms with Gasteiger partial charge in [-0.1, -0.05) is 6.07 Å². The number of hydrogen-bond donors (Lipinski definition) is 2. The zero-order chi connectivity index (χ0) is 17.7. The number of halogens is 1. The minimum atomic E-state index is -1.14. The Balaban J connectivity index is 2.21. The Morgan fingerprint density at radius 1 is 1.38 bits per heavy atom. The molecule has 1 aromatic carbocycles. The van der Waals surface area contributed by atoms with Crippen LogP contribution in [-0.4, -0.2) is 39.0 Å². The molecule has 8 nitrogen and oxygen atoms in total. The minimum Gasteiger partial charge on any atom is -0.481 e. The molecule has 0 spiro atoms. The topological polar surface area (TPSA) is 123 Å². The Bertz CT molecular complexity index is 804. The van der Waals surface area contributed by atoms with Gasteiger partial charge in [0.25, 0.3) is 5.22 Å². The normalized spacial score (nSPS) is 11.3. The first-order valence-electron chi connectivity index (χ1n) is 6.42. The monoisotopic (exact) mass is 414 g/mol. The van der Waals surface area contributed by atoms with Crippen LogP contribution in [0.4, 0.5) is 0 Å². The van der Waals surface area contributed by atoms with Gasteiger partial charge in [-0.2, -0.15) is 0 Å². The third-order valence-corrected chi connectivity index (χ3v) is 3.99. The molecule has 1 heterocycles. The van der Waals surface area contributed by atoms with Crippen LogP contribution in [0.1, 0.15) is 11.5 Å². The fourth-order valence-corrected chi connectivity index (χ4v) is 2.79. The number of nitrogens with zero attached hydrogens (tertiary/aromatic N) is 2. The predicted octanol–water partition coefficient (Wildman–Crippen LogP) is 2.82. The standard InChI is InChI=1S/C14H11BrN2O6S/c1-7-16-17-14(23-7)24-11(13(20)21)5-8-2-3-10(9(15)4-8)22-6-12(18)19/h2-5H,6H2,1H3,(H,18,19)(H,20,21)/b11-5+. The summed E-state index contributed by atoms with van der Waals surface area (Å²) in [4.78, 5) is 21.9. The summed E-state index contributed by atoms with van der Waals surface area (Å²) in [6.45, 7) is 1.13. The third-order valence-electron chi connectivity index (χ3n) is 2.52. The zero-order valence-corrected chi connectivity index (χ0v) is 14.6. The first-order valence-corrected chi connectivity index (χ1v) is 8.03. The number of thioether (sulfide) groups is 1. The quantitative estimate of drug-likeness (QED) is 0.519. The van der Waals surface area contributed by atoms with E-state index in [1.165, 1.54) is 6.08 Å². The molecule has 0 amide bonds. The molecule has 2 aromatic rings. The molecule has 126 valence electrons. The number of aromatic nitrogens is 2. The summed E-state index contributed by atoms with van der Waals surface area (Å²) in [6, 6.07) is 4.75. The van der Waals surface area contributed by atoms with Gasteiger partial charge in [-0.05, 0) is 51.5 Å². The van der Waals surface area contributed by atoms with Gasteiger partial charge in [0.2, 0.25) is 5.89 Å². The third kappa shape index (κ3) is 5.10. The van der Waals surface area contributed by atoms with Crippen molar-refractivity contribution in [1.82, 2.24) is 10.2 Å². The summed E-state index contributed by atoms with van der Waals surface area (Å²) in [5.74, 6) is -1.56. The maximum atomic E-state index is 11.4.